The van der Waals surface area contributed by atoms with Gasteiger partial charge in [0.05, 0.1) is 30.4 Å². The number of alkyl halides is 2. The first kappa shape index (κ1) is 66.4. The maximum atomic E-state index is 14.3. The predicted octanol–water partition coefficient (Wildman–Crippen LogP) is 9.81. The number of nitrogens with zero attached hydrogens (tertiary/aromatic N) is 6. The minimum absolute atomic E-state index is 0.0641. The molecule has 0 spiro atoms. The van der Waals surface area contributed by atoms with Crippen LogP contribution < -0.4 is 10.9 Å². The number of allylic oxidation sites excluding steroid dienone is 3. The standard InChI is InChI=1S/C43H56N8O6.C7H11ClO3.C5H10O.C2H2Cl2O2/c1-4-5-8-23-56-43(55)57-29-51-38-10-7-6-9-33(38)27-36(40(51)52)32-11-17-50(18-12-32)42(54)45-37(26-31-24-30(2)39-34(25-31)28-44-46-39)41(53)49-21-19-48(20-22-49)35-13-15-47(3)16-14-35;1-2-3-4-5-10-7(9)11-6-8;1-2-3-4-5-6;3-1-6-2(4)5/h4,6-7,9-10,24-25,27-28,32,35,37H,1,5,8,11-23,26,29H2,2-3H3,(H,44,46)(H,45,54);2H,1,3-6H2;2,6H,1,3-5H2;1H2/t37-;;;/m1.../s1. The number of pyridine rings is 1. The summed E-state index contributed by atoms with van der Waals surface area (Å²) in [5.74, 6) is -0.169. The Labute approximate surface area is 483 Å². The number of urea groups is 1. The van der Waals surface area contributed by atoms with Crippen LogP contribution in [-0.4, -0.2) is 173 Å². The van der Waals surface area contributed by atoms with E-state index in [1.165, 1.54) is 4.57 Å². The van der Waals surface area contributed by atoms with E-state index in [-0.39, 0.29) is 55.5 Å². The summed E-state index contributed by atoms with van der Waals surface area (Å²) in [5.41, 5.74) is 3.12. The molecule has 20 nitrogen and oxygen atoms in total. The Bertz CT molecular complexity index is 2650. The number of aryl methyl sites for hydroxylation is 1. The molecule has 3 aliphatic heterocycles. The maximum absolute atomic E-state index is 14.3. The van der Waals surface area contributed by atoms with Gasteiger partial charge in [-0.15, -0.1) is 19.7 Å². The minimum Gasteiger partial charge on any atom is -0.437 e. The van der Waals surface area contributed by atoms with Crippen molar-refractivity contribution < 1.29 is 52.8 Å². The number of fused-ring (bicyclic) bond motifs is 2. The van der Waals surface area contributed by atoms with Crippen molar-refractivity contribution >= 4 is 86.3 Å². The number of hydrogen-bond donors (Lipinski definition) is 3. The van der Waals surface area contributed by atoms with E-state index in [0.29, 0.717) is 75.6 Å². The number of halogens is 3. The van der Waals surface area contributed by atoms with E-state index in [0.717, 1.165) is 98.5 Å². The largest absolute Gasteiger partial charge is 0.510 e. The molecule has 3 fully saturated rings. The van der Waals surface area contributed by atoms with Gasteiger partial charge in [-0.1, -0.05) is 65.7 Å². The number of unbranched alkanes of at least 4 members (excludes halogenated alkanes) is 3. The molecular formula is C57H79Cl3N8O12. The second-order valence-corrected chi connectivity index (χ2v) is 20.0. The lowest BCUT2D eigenvalue weighted by Gasteiger charge is -2.43. The molecule has 3 amide bonds. The number of aromatic amines is 1. The Kier molecular flexibility index (Phi) is 30.7. The van der Waals surface area contributed by atoms with E-state index in [9.17, 15) is 28.8 Å². The summed E-state index contributed by atoms with van der Waals surface area (Å²) in [6, 6.07) is 12.7. The molecule has 7 rings (SSSR count). The van der Waals surface area contributed by atoms with E-state index >= 15 is 0 Å². The first-order chi connectivity index (χ1) is 38.7. The number of ether oxygens (including phenoxy) is 5. The Balaban J connectivity index is 0.000000501. The second-order valence-electron chi connectivity index (χ2n) is 19.2. The summed E-state index contributed by atoms with van der Waals surface area (Å²) in [4.78, 5) is 83.1. The zero-order valence-electron chi connectivity index (χ0n) is 46.1. The van der Waals surface area contributed by atoms with Gasteiger partial charge in [0.15, 0.2) is 18.9 Å². The SMILES string of the molecule is C=CCCCO.C=CCCCOC(=O)OCCl.C=CCCCOC(=O)OCn1c(=O)c(C2CCN(C(=O)N[C@H](Cc3cc(C)c4[nH]ncc4c3)C(=O)N3CCN(C4CCN(C)CC4)CC3)CC2)cc2ccccc21.O=C(Cl)OCCl. The Morgan fingerprint density at radius 2 is 1.39 bits per heavy atom. The number of likely N-dealkylation sites (tertiary alicyclic amines) is 2. The average molecular weight is 1170 g/mol. The quantitative estimate of drug-likeness (QED) is 0.0176. The van der Waals surface area contributed by atoms with Crippen molar-refractivity contribution in [3.05, 3.63) is 114 Å². The third-order valence-electron chi connectivity index (χ3n) is 13.7. The normalized spacial score (nSPS) is 15.3. The smallest absolute Gasteiger partial charge is 0.437 e. The summed E-state index contributed by atoms with van der Waals surface area (Å²) < 4.78 is 24.8. The van der Waals surface area contributed by atoms with Crippen LogP contribution in [0, 0.1) is 6.92 Å². The topological polar surface area (TPSA) is 227 Å². The second kappa shape index (κ2) is 37.0. The first-order valence-corrected chi connectivity index (χ1v) is 28.4. The molecule has 2 aromatic heterocycles. The van der Waals surface area contributed by atoms with E-state index in [2.05, 4.69) is 84.0 Å². The molecule has 3 aliphatic rings. The average Bonchev–Trinajstić information content (AvgIpc) is 4.03. The van der Waals surface area contributed by atoms with Crippen LogP contribution in [0.25, 0.3) is 21.8 Å². The highest BCUT2D eigenvalue weighted by atomic mass is 35.5. The van der Waals surface area contributed by atoms with Crippen molar-refractivity contribution in [3.63, 3.8) is 0 Å². The van der Waals surface area contributed by atoms with Crippen LogP contribution in [-0.2, 0) is 41.6 Å². The van der Waals surface area contributed by atoms with Crippen LogP contribution in [0.15, 0.2) is 91.4 Å². The van der Waals surface area contributed by atoms with E-state index < -0.39 is 23.8 Å². The van der Waals surface area contributed by atoms with E-state index in [4.69, 9.17) is 37.8 Å². The van der Waals surface area contributed by atoms with Crippen molar-refractivity contribution in [1.82, 2.24) is 39.7 Å². The van der Waals surface area contributed by atoms with Gasteiger partial charge in [-0.3, -0.25) is 24.2 Å². The molecule has 0 unspecified atom stereocenters. The fourth-order valence-corrected chi connectivity index (χ4v) is 9.75. The van der Waals surface area contributed by atoms with Crippen LogP contribution in [0.1, 0.15) is 86.8 Å². The molecule has 0 bridgehead atoms. The van der Waals surface area contributed by atoms with Gasteiger partial charge in [0.2, 0.25) is 5.91 Å². The van der Waals surface area contributed by atoms with Gasteiger partial charge in [-0.2, -0.15) is 5.10 Å². The first-order valence-electron chi connectivity index (χ1n) is 27.0. The fraction of sp³-hybridized carbons (Fsp3) is 0.526. The number of rotatable bonds is 21. The molecule has 4 aromatic rings. The zero-order chi connectivity index (χ0) is 58.2. The third-order valence-corrected chi connectivity index (χ3v) is 14.0. The number of nitrogens with one attached hydrogen (secondary N) is 2. The number of aromatic nitrogens is 3. The molecule has 0 aliphatic carbocycles. The number of hydrogen-bond acceptors (Lipinski definition) is 15. The van der Waals surface area contributed by atoms with Gasteiger partial charge >= 0.3 is 23.8 Å². The summed E-state index contributed by atoms with van der Waals surface area (Å²) >= 11 is 14.6. The molecule has 1 atom stereocenters. The van der Waals surface area contributed by atoms with Crippen molar-refractivity contribution in [2.75, 3.05) is 91.4 Å². The van der Waals surface area contributed by atoms with Crippen molar-refractivity contribution in [2.24, 2.45) is 0 Å². The monoisotopic (exact) mass is 1170 g/mol. The van der Waals surface area contributed by atoms with Gasteiger partial charge < -0.3 is 48.8 Å². The molecule has 80 heavy (non-hydrogen) atoms. The van der Waals surface area contributed by atoms with Crippen molar-refractivity contribution in [3.8, 4) is 0 Å². The Morgan fingerprint density at radius 1 is 0.775 bits per heavy atom. The third kappa shape index (κ3) is 22.4. The number of amides is 3. The van der Waals surface area contributed by atoms with Gasteiger partial charge in [-0.25, -0.2) is 19.2 Å². The van der Waals surface area contributed by atoms with Crippen LogP contribution in [0.3, 0.4) is 0 Å². The summed E-state index contributed by atoms with van der Waals surface area (Å²) in [6.07, 6.45) is 14.1. The lowest BCUT2D eigenvalue weighted by molar-refractivity contribution is -0.135. The van der Waals surface area contributed by atoms with Crippen LogP contribution in [0.5, 0.6) is 0 Å². The van der Waals surface area contributed by atoms with Crippen molar-refractivity contribution in [2.45, 2.75) is 102 Å². The number of para-hydroxylation sites is 1. The molecular weight excluding hydrogens is 1100 g/mol. The summed E-state index contributed by atoms with van der Waals surface area (Å²) in [5, 5.41) is 20.4. The lowest BCUT2D eigenvalue weighted by atomic mass is 9.89. The highest BCUT2D eigenvalue weighted by molar-refractivity contribution is 6.61. The molecule has 0 saturated carbocycles. The fourth-order valence-electron chi connectivity index (χ4n) is 9.45. The highest BCUT2D eigenvalue weighted by Crippen LogP contribution is 2.29. The zero-order valence-corrected chi connectivity index (χ0v) is 48.4. The molecule has 3 N–H and O–H groups in total. The highest BCUT2D eigenvalue weighted by Gasteiger charge is 2.34. The molecule has 3 saturated heterocycles. The van der Waals surface area contributed by atoms with E-state index in [1.54, 1.807) is 29.3 Å². The predicted molar refractivity (Wildman–Crippen MR) is 311 cm³/mol. The van der Waals surface area contributed by atoms with Gasteiger partial charge in [0.1, 0.15) is 6.04 Å². The number of carbonyl (C=O) groups excluding carboxylic acids is 5. The number of aliphatic hydroxyl groups excluding tert-OH is 1. The number of piperidine rings is 2. The molecule has 440 valence electrons. The molecule has 2 aromatic carbocycles. The van der Waals surface area contributed by atoms with Crippen molar-refractivity contribution in [1.29, 1.82) is 0 Å². The van der Waals surface area contributed by atoms with Gasteiger partial charge in [-0.05, 0) is 132 Å². The van der Waals surface area contributed by atoms with Gasteiger partial charge in [0, 0.05) is 80.9 Å². The number of carbonyl (C=O) groups is 5. The number of aliphatic hydroxyl groups is 1. The molecule has 0 radical (unpaired) electrons. The number of benzene rings is 2. The Hall–Kier alpha value is -6.16. The molecule has 23 heteroatoms. The summed E-state index contributed by atoms with van der Waals surface area (Å²) in [6.45, 7) is 19.2. The molecule has 5 heterocycles. The lowest BCUT2D eigenvalue weighted by Crippen LogP contribution is -2.59. The number of piperazine rings is 1. The van der Waals surface area contributed by atoms with Crippen LogP contribution in [0.2, 0.25) is 0 Å². The van der Waals surface area contributed by atoms with E-state index in [1.807, 2.05) is 48.2 Å². The number of H-pyrrole nitrogens is 1. The summed E-state index contributed by atoms with van der Waals surface area (Å²) in [7, 11) is 2.17. The van der Waals surface area contributed by atoms with Crippen LogP contribution in [0.4, 0.5) is 19.2 Å². The maximum Gasteiger partial charge on any atom is 0.510 e. The van der Waals surface area contributed by atoms with Gasteiger partial charge in [0.25, 0.3) is 5.56 Å². The minimum atomic E-state index is -0.870. The van der Waals surface area contributed by atoms with Crippen LogP contribution >= 0.6 is 34.8 Å². The Morgan fingerprint density at radius 3 is 1.96 bits per heavy atom.